The number of alkyl halides is 1. The van der Waals surface area contributed by atoms with Gasteiger partial charge in [0, 0.05) is 0 Å². The maximum Gasteiger partial charge on any atom is -0.0220 e. The molecule has 4 heavy (non-hydrogen) atoms. The van der Waals surface area contributed by atoms with E-state index in [4.69, 9.17) is 0 Å². The van der Waals surface area contributed by atoms with Crippen LogP contribution in [0.2, 0.25) is 0 Å². The number of hydrogen-bond donors (Lipinski definition) is 0. The fourth-order valence-electron chi connectivity index (χ4n) is 0. The number of halogens is 1. The van der Waals surface area contributed by atoms with Crippen LogP contribution in [0.1, 0.15) is 0 Å². The normalized spacial score (nSPS) is 8.50. The molecule has 0 rings (SSSR count). The van der Waals surface area contributed by atoms with Gasteiger partial charge in [0.1, 0.15) is 0 Å². The molecule has 0 aliphatic heterocycles. The molecular weight excluding hydrogens is 163 g/mol. The van der Waals surface area contributed by atoms with E-state index in [-0.39, 0.29) is 0 Å². The number of rotatable bonds is 0. The van der Waals surface area contributed by atoms with Crippen molar-refractivity contribution in [2.24, 2.45) is 0 Å². The molecule has 1 heteroatoms. The topological polar surface area (TPSA) is 0 Å². The quantitative estimate of drug-likeness (QED) is 0.375. The van der Waals surface area contributed by atoms with Gasteiger partial charge < -0.3 is 0 Å². The van der Waals surface area contributed by atoms with Gasteiger partial charge in [-0.2, -0.15) is 18.9 Å². The highest BCUT2D eigenvalue weighted by atomic mass is 127. The summed E-state index contributed by atoms with van der Waals surface area (Å²) in [6.45, 7) is 0. The minimum atomic E-state index is -0.763. The molecule has 0 bridgehead atoms. The summed E-state index contributed by atoms with van der Waals surface area (Å²) in [6, 6.07) is 0. The molecule has 0 amide bonds. The highest BCUT2D eigenvalue weighted by Crippen LogP contribution is 1.85. The summed E-state index contributed by atoms with van der Waals surface area (Å²) in [5.74, 6) is 0. The van der Waals surface area contributed by atoms with E-state index < -0.39 is 18.9 Å². The molecule has 0 unspecified atom stereocenters. The van der Waals surface area contributed by atoms with Crippen molar-refractivity contribution in [2.75, 3.05) is 4.93 Å². The van der Waals surface area contributed by atoms with Gasteiger partial charge >= 0.3 is 0 Å². The third-order valence-corrected chi connectivity index (χ3v) is 0. The second kappa shape index (κ2) is 1.76. The van der Waals surface area contributed by atoms with Gasteiger partial charge in [0.25, 0.3) is 0 Å². The maximum atomic E-state index is 3.68. The molecule has 0 aromatic heterocycles. The van der Waals surface area contributed by atoms with Gasteiger partial charge in [0.2, 0.25) is 0 Å². The van der Waals surface area contributed by atoms with Crippen LogP contribution in [0.15, 0.2) is 0 Å². The largest absolute Gasteiger partial charge is 0.168 e. The molecule has 0 radical (unpaired) electrons. The van der Waals surface area contributed by atoms with E-state index in [1.165, 1.54) is 0 Å². The molecule has 0 fully saturated rings. The molecule has 0 spiro atoms. The molecule has 0 saturated carbocycles. The summed E-state index contributed by atoms with van der Waals surface area (Å²) in [4.78, 5) is 2.10. The third-order valence-electron chi connectivity index (χ3n) is 0. The van der Waals surface area contributed by atoms with Gasteiger partial charge in [-0.25, -0.2) is 0 Å². The van der Waals surface area contributed by atoms with Gasteiger partial charge in [0.05, 0.1) is 0 Å². The highest BCUT2D eigenvalue weighted by Gasteiger charge is 1.31. The van der Waals surface area contributed by atoms with E-state index in [1.807, 2.05) is 0 Å². The lowest BCUT2D eigenvalue weighted by atomic mass is 12.0. The lowest BCUT2D eigenvalue weighted by molar-refractivity contribution is 2.66. The third kappa shape index (κ3) is 24.2. The van der Waals surface area contributed by atoms with E-state index in [1.54, 1.807) is 0 Å². The molecule has 26 valence electrons. The zero-order chi connectivity index (χ0) is 3.58. The van der Waals surface area contributed by atoms with Crippen molar-refractivity contribution in [3.8, 4) is 0 Å². The Hall–Kier alpha value is 0.470. The van der Waals surface area contributed by atoms with Crippen molar-refractivity contribution >= 4 is 27.9 Å². The fourth-order valence-corrected chi connectivity index (χ4v) is 0. The first kappa shape index (κ1) is 4.47. The Morgan fingerprint density at radius 2 is 1.50 bits per heavy atom. The summed E-state index contributed by atoms with van der Waals surface area (Å²) in [5, 5.41) is 0. The molecule has 0 aromatic rings. The maximum absolute atomic E-state index is 3.68. The van der Waals surface area contributed by atoms with Crippen molar-refractivity contribution in [3.63, 3.8) is 0 Å². The lowest BCUT2D eigenvalue weighted by Crippen LogP contribution is -1.20. The van der Waals surface area contributed by atoms with Gasteiger partial charge in [-0.1, -0.05) is 9.03 Å². The van der Waals surface area contributed by atoms with E-state index in [9.17, 15) is 0 Å². The zero-order valence-electron chi connectivity index (χ0n) is 2.79. The molecule has 0 aliphatic rings. The van der Waals surface area contributed by atoms with Gasteiger partial charge in [-0.15, -0.1) is 0 Å². The van der Waals surface area contributed by atoms with Crippen molar-refractivity contribution in [3.05, 3.63) is 0 Å². The summed E-state index contributed by atoms with van der Waals surface area (Å²) >= 11 is -0.763. The van der Waals surface area contributed by atoms with Crippen molar-refractivity contribution < 1.29 is 0 Å². The Kier molecular flexibility index (Phi) is 1.96. The summed E-state index contributed by atoms with van der Waals surface area (Å²) in [5.41, 5.74) is 0. The number of hydrogen-bond acceptors (Lipinski definition) is 0. The van der Waals surface area contributed by atoms with Crippen molar-refractivity contribution in [2.45, 2.75) is 0 Å². The minimum absolute atomic E-state index is 0.763. The van der Waals surface area contributed by atoms with Crippen LogP contribution in [-0.2, 0) is 0 Å². The molecule has 0 heterocycles. The van der Waals surface area contributed by atoms with E-state index in [0.29, 0.717) is 0 Å². The second-order valence-corrected chi connectivity index (χ2v) is 4.85. The van der Waals surface area contributed by atoms with Crippen molar-refractivity contribution in [1.82, 2.24) is 0 Å². The van der Waals surface area contributed by atoms with Crippen LogP contribution in [0.5, 0.6) is 0 Å². The second-order valence-electron chi connectivity index (χ2n) is 0.724. The van der Waals surface area contributed by atoms with Crippen LogP contribution < -0.4 is 0 Å². The SMILES string of the molecule is C=I(=C)C. The molecule has 0 saturated heterocycles. The molecule has 0 N–H and O–H groups in total. The first-order valence-corrected chi connectivity index (χ1v) is 6.12. The molecule has 0 nitrogen and oxygen atoms in total. The van der Waals surface area contributed by atoms with Crippen LogP contribution in [0.25, 0.3) is 0 Å². The van der Waals surface area contributed by atoms with Gasteiger partial charge in [-0.3, -0.25) is 0 Å². The van der Waals surface area contributed by atoms with Crippen molar-refractivity contribution in [1.29, 1.82) is 0 Å². The predicted octanol–water partition coefficient (Wildman–Crippen LogP) is 0.987. The van der Waals surface area contributed by atoms with E-state index >= 15 is 0 Å². The monoisotopic (exact) mass is 170 g/mol. The van der Waals surface area contributed by atoms with Crippen LogP contribution in [0.3, 0.4) is 0 Å². The van der Waals surface area contributed by atoms with Crippen LogP contribution >= 0.6 is 18.9 Å². The predicted molar refractivity (Wildman–Crippen MR) is 34.2 cm³/mol. The Bertz CT molecular complexity index is 51.7. The van der Waals surface area contributed by atoms with Crippen LogP contribution in [0, 0.1) is 0 Å². The average Bonchev–Trinajstić information content (AvgIpc) is 0.811. The standard InChI is InChI=1S/C3H7I/c1-4(2)3/h1-2H2,3H3. The molecule has 0 aliphatic carbocycles. The van der Waals surface area contributed by atoms with Crippen LogP contribution in [-0.4, -0.2) is 14.0 Å². The minimum Gasteiger partial charge on any atom is -0.168 e. The smallest absolute Gasteiger partial charge is 0.0220 e. The van der Waals surface area contributed by atoms with E-state index in [2.05, 4.69) is 14.0 Å². The average molecular weight is 170 g/mol. The lowest BCUT2D eigenvalue weighted by Gasteiger charge is -1.52. The zero-order valence-corrected chi connectivity index (χ0v) is 4.95. The summed E-state index contributed by atoms with van der Waals surface area (Å²) < 4.78 is 7.37. The summed E-state index contributed by atoms with van der Waals surface area (Å²) in [7, 11) is 0. The Balaban J connectivity index is 3.51. The highest BCUT2D eigenvalue weighted by molar-refractivity contribution is 14.2. The Labute approximate surface area is 33.2 Å². The van der Waals surface area contributed by atoms with E-state index in [0.717, 1.165) is 0 Å². The molecule has 0 atom stereocenters. The first-order chi connectivity index (χ1) is 1.73. The Morgan fingerprint density at radius 1 is 1.50 bits per heavy atom. The van der Waals surface area contributed by atoms with Gasteiger partial charge in [0.15, 0.2) is 0 Å². The Morgan fingerprint density at radius 3 is 1.50 bits per heavy atom. The fraction of sp³-hybridized carbons (Fsp3) is 0.333. The molecule has 0 aromatic carbocycles. The van der Waals surface area contributed by atoms with Crippen LogP contribution in [0.4, 0.5) is 0 Å². The molecular formula is C3H7I. The summed E-state index contributed by atoms with van der Waals surface area (Å²) in [6.07, 6.45) is 0. The first-order valence-electron chi connectivity index (χ1n) is 0.912. The van der Waals surface area contributed by atoms with Gasteiger partial charge in [-0.05, 0) is 4.93 Å².